The van der Waals surface area contributed by atoms with Gasteiger partial charge in [-0.15, -0.1) is 11.3 Å². The predicted molar refractivity (Wildman–Crippen MR) is 73.9 cm³/mol. The van der Waals surface area contributed by atoms with E-state index < -0.39 is 0 Å². The minimum absolute atomic E-state index is 0.161. The lowest BCUT2D eigenvalue weighted by atomic mass is 9.88. The smallest absolute Gasteiger partial charge is 0.105 e. The first-order chi connectivity index (χ1) is 7.94. The number of morpholine rings is 1. The predicted octanol–water partition coefficient (Wildman–Crippen LogP) is 3.87. The van der Waals surface area contributed by atoms with Crippen molar-refractivity contribution in [2.75, 3.05) is 13.1 Å². The van der Waals surface area contributed by atoms with Crippen LogP contribution in [0.1, 0.15) is 38.2 Å². The number of hydrogen-bond donors (Lipinski definition) is 1. The monoisotopic (exact) mass is 273 g/mol. The minimum Gasteiger partial charge on any atom is -0.367 e. The summed E-state index contributed by atoms with van der Waals surface area (Å²) < 4.78 is 6.99. The van der Waals surface area contributed by atoms with Gasteiger partial charge >= 0.3 is 0 Å². The van der Waals surface area contributed by atoms with E-state index in [1.165, 1.54) is 4.88 Å². The van der Waals surface area contributed by atoms with Gasteiger partial charge < -0.3 is 10.1 Å². The van der Waals surface area contributed by atoms with Gasteiger partial charge in [0.2, 0.25) is 0 Å². The summed E-state index contributed by atoms with van der Waals surface area (Å²) in [5.74, 6) is 0. The Kier molecular flexibility index (Phi) is 4.14. The lowest BCUT2D eigenvalue weighted by Crippen LogP contribution is -2.41. The van der Waals surface area contributed by atoms with Crippen molar-refractivity contribution in [3.05, 3.63) is 21.3 Å². The van der Waals surface area contributed by atoms with Crippen molar-refractivity contribution in [1.82, 2.24) is 5.32 Å². The Balaban J connectivity index is 1.97. The Morgan fingerprint density at radius 3 is 2.76 bits per heavy atom. The van der Waals surface area contributed by atoms with Crippen LogP contribution >= 0.6 is 22.9 Å². The second-order valence-electron chi connectivity index (χ2n) is 5.81. The molecular weight excluding hydrogens is 254 g/mol. The van der Waals surface area contributed by atoms with Gasteiger partial charge in [-0.25, -0.2) is 0 Å². The van der Waals surface area contributed by atoms with Crippen LogP contribution in [-0.4, -0.2) is 19.2 Å². The maximum Gasteiger partial charge on any atom is 0.105 e. The molecule has 0 aliphatic carbocycles. The van der Waals surface area contributed by atoms with Crippen LogP contribution in [0.5, 0.6) is 0 Å². The van der Waals surface area contributed by atoms with Gasteiger partial charge in [-0.05, 0) is 24.0 Å². The van der Waals surface area contributed by atoms with Gasteiger partial charge in [-0.2, -0.15) is 0 Å². The van der Waals surface area contributed by atoms with E-state index in [9.17, 15) is 0 Å². The second-order valence-corrected chi connectivity index (χ2v) is 7.56. The van der Waals surface area contributed by atoms with Crippen LogP contribution in [0.25, 0.3) is 0 Å². The zero-order chi connectivity index (χ0) is 12.5. The van der Waals surface area contributed by atoms with Crippen molar-refractivity contribution >= 4 is 22.9 Å². The highest BCUT2D eigenvalue weighted by atomic mass is 35.5. The molecule has 2 unspecified atom stereocenters. The van der Waals surface area contributed by atoms with Crippen LogP contribution < -0.4 is 5.32 Å². The first-order valence-electron chi connectivity index (χ1n) is 6.05. The fourth-order valence-corrected chi connectivity index (χ4v) is 3.27. The van der Waals surface area contributed by atoms with Crippen LogP contribution in [0.15, 0.2) is 12.1 Å². The molecule has 96 valence electrons. The zero-order valence-electron chi connectivity index (χ0n) is 10.6. The lowest BCUT2D eigenvalue weighted by Gasteiger charge is -2.34. The molecule has 0 saturated carbocycles. The average molecular weight is 274 g/mol. The van der Waals surface area contributed by atoms with Gasteiger partial charge in [0.05, 0.1) is 10.4 Å². The molecule has 1 saturated heterocycles. The van der Waals surface area contributed by atoms with Crippen molar-refractivity contribution < 1.29 is 4.74 Å². The van der Waals surface area contributed by atoms with Crippen LogP contribution in [0, 0.1) is 5.41 Å². The first-order valence-corrected chi connectivity index (χ1v) is 7.25. The quantitative estimate of drug-likeness (QED) is 0.883. The van der Waals surface area contributed by atoms with Gasteiger partial charge in [-0.1, -0.05) is 32.4 Å². The summed E-state index contributed by atoms with van der Waals surface area (Å²) >= 11 is 7.58. The van der Waals surface area contributed by atoms with Crippen LogP contribution in [0.3, 0.4) is 0 Å². The molecule has 0 bridgehead atoms. The van der Waals surface area contributed by atoms with Gasteiger partial charge in [0.15, 0.2) is 0 Å². The summed E-state index contributed by atoms with van der Waals surface area (Å²) in [6.45, 7) is 8.59. The first kappa shape index (κ1) is 13.3. The number of halogens is 1. The number of ether oxygens (including phenoxy) is 1. The van der Waals surface area contributed by atoms with Crippen LogP contribution in [-0.2, 0) is 4.74 Å². The Morgan fingerprint density at radius 2 is 2.18 bits per heavy atom. The van der Waals surface area contributed by atoms with E-state index in [2.05, 4.69) is 32.2 Å². The van der Waals surface area contributed by atoms with E-state index in [-0.39, 0.29) is 6.10 Å². The van der Waals surface area contributed by atoms with E-state index in [1.807, 2.05) is 6.07 Å². The van der Waals surface area contributed by atoms with Crippen LogP contribution in [0.2, 0.25) is 4.34 Å². The van der Waals surface area contributed by atoms with Gasteiger partial charge in [0.25, 0.3) is 0 Å². The highest BCUT2D eigenvalue weighted by Gasteiger charge is 2.27. The lowest BCUT2D eigenvalue weighted by molar-refractivity contribution is -0.0536. The molecule has 2 nitrogen and oxygen atoms in total. The third-order valence-corrected chi connectivity index (χ3v) is 4.13. The molecule has 0 amide bonds. The highest BCUT2D eigenvalue weighted by molar-refractivity contribution is 7.16. The molecule has 17 heavy (non-hydrogen) atoms. The van der Waals surface area contributed by atoms with E-state index in [1.54, 1.807) is 11.3 Å². The molecule has 0 aromatic carbocycles. The molecule has 1 aromatic heterocycles. The van der Waals surface area contributed by atoms with E-state index in [4.69, 9.17) is 16.3 Å². The molecule has 2 atom stereocenters. The maximum atomic E-state index is 6.15. The summed E-state index contributed by atoms with van der Waals surface area (Å²) in [6.07, 6.45) is 1.54. The Labute approximate surface area is 112 Å². The van der Waals surface area contributed by atoms with Crippen molar-refractivity contribution in [3.63, 3.8) is 0 Å². The van der Waals surface area contributed by atoms with Crippen molar-refractivity contribution in [2.45, 2.75) is 39.4 Å². The third kappa shape index (κ3) is 3.95. The fraction of sp³-hybridized carbons (Fsp3) is 0.692. The Hall–Kier alpha value is -0.0900. The normalized spacial score (nSPS) is 26.1. The molecule has 2 heterocycles. The minimum atomic E-state index is 0.161. The highest BCUT2D eigenvalue weighted by Crippen LogP contribution is 2.33. The summed E-state index contributed by atoms with van der Waals surface area (Å²) in [6, 6.07) is 4.01. The Bertz CT molecular complexity index is 372. The molecule has 0 spiro atoms. The molecule has 1 aliphatic rings. The number of hydrogen-bond acceptors (Lipinski definition) is 3. The molecule has 1 aliphatic heterocycles. The number of rotatable bonds is 2. The SMILES string of the molecule is CC(C)(C)CC1CNCC(c2ccc(Cl)s2)O1. The topological polar surface area (TPSA) is 21.3 Å². The number of nitrogens with one attached hydrogen (secondary N) is 1. The van der Waals surface area contributed by atoms with Crippen molar-refractivity contribution in [1.29, 1.82) is 0 Å². The molecule has 1 fully saturated rings. The van der Waals surface area contributed by atoms with Crippen molar-refractivity contribution in [2.24, 2.45) is 5.41 Å². The third-order valence-electron chi connectivity index (χ3n) is 2.81. The maximum absolute atomic E-state index is 6.15. The molecule has 0 radical (unpaired) electrons. The molecular formula is C13H20ClNOS. The summed E-state index contributed by atoms with van der Waals surface area (Å²) in [4.78, 5) is 1.22. The standard InChI is InChI=1S/C13H20ClNOS/c1-13(2,3)6-9-7-15-8-10(16-9)11-4-5-12(14)17-11/h4-5,9-10,15H,6-8H2,1-3H3. The van der Waals surface area contributed by atoms with E-state index >= 15 is 0 Å². The average Bonchev–Trinajstić information content (AvgIpc) is 2.63. The summed E-state index contributed by atoms with van der Waals surface area (Å²) in [5.41, 5.74) is 0.307. The molecule has 2 rings (SSSR count). The van der Waals surface area contributed by atoms with Gasteiger partial charge in [0, 0.05) is 18.0 Å². The van der Waals surface area contributed by atoms with Crippen molar-refractivity contribution in [3.8, 4) is 0 Å². The zero-order valence-corrected chi connectivity index (χ0v) is 12.2. The molecule has 4 heteroatoms. The van der Waals surface area contributed by atoms with Gasteiger partial charge in [0.1, 0.15) is 6.10 Å². The molecule has 1 N–H and O–H groups in total. The fourth-order valence-electron chi connectivity index (χ4n) is 2.18. The summed E-state index contributed by atoms with van der Waals surface area (Å²) in [5, 5.41) is 3.45. The largest absolute Gasteiger partial charge is 0.367 e. The molecule has 1 aromatic rings. The summed E-state index contributed by atoms with van der Waals surface area (Å²) in [7, 11) is 0. The second kappa shape index (κ2) is 5.27. The Morgan fingerprint density at radius 1 is 1.41 bits per heavy atom. The van der Waals surface area contributed by atoms with Crippen LogP contribution in [0.4, 0.5) is 0 Å². The van der Waals surface area contributed by atoms with Gasteiger partial charge in [-0.3, -0.25) is 0 Å². The van der Waals surface area contributed by atoms with E-state index in [0.717, 1.165) is 23.8 Å². The number of thiophene rings is 1. The van der Waals surface area contributed by atoms with E-state index in [0.29, 0.717) is 11.5 Å².